The molecule has 0 aliphatic heterocycles. The SMILES string of the molecule is CC(C)N(CCC#N)CCCF. The van der Waals surface area contributed by atoms with E-state index in [0.717, 1.165) is 13.1 Å². The average molecular weight is 172 g/mol. The monoisotopic (exact) mass is 172 g/mol. The molecule has 0 radical (unpaired) electrons. The predicted octanol–water partition coefficient (Wildman–Crippen LogP) is 1.97. The third-order valence-electron chi connectivity index (χ3n) is 1.82. The molecular weight excluding hydrogens is 155 g/mol. The molecule has 70 valence electrons. The Morgan fingerprint density at radius 1 is 1.42 bits per heavy atom. The summed E-state index contributed by atoms with van der Waals surface area (Å²) in [6.45, 7) is 5.38. The zero-order valence-electron chi connectivity index (χ0n) is 7.89. The maximum Gasteiger partial charge on any atom is 0.0906 e. The summed E-state index contributed by atoms with van der Waals surface area (Å²) in [5.41, 5.74) is 0. The highest BCUT2D eigenvalue weighted by Crippen LogP contribution is 2.00. The van der Waals surface area contributed by atoms with Crippen LogP contribution in [0.25, 0.3) is 0 Å². The van der Waals surface area contributed by atoms with Crippen LogP contribution in [0.2, 0.25) is 0 Å². The van der Waals surface area contributed by atoms with E-state index in [9.17, 15) is 4.39 Å². The fourth-order valence-corrected chi connectivity index (χ4v) is 1.08. The quantitative estimate of drug-likeness (QED) is 0.612. The lowest BCUT2D eigenvalue weighted by Gasteiger charge is -2.24. The van der Waals surface area contributed by atoms with E-state index in [1.165, 1.54) is 0 Å². The van der Waals surface area contributed by atoms with Crippen LogP contribution >= 0.6 is 0 Å². The summed E-state index contributed by atoms with van der Waals surface area (Å²) >= 11 is 0. The molecule has 0 N–H and O–H groups in total. The maximum atomic E-state index is 11.8. The van der Waals surface area contributed by atoms with Gasteiger partial charge in [-0.2, -0.15) is 5.26 Å². The largest absolute Gasteiger partial charge is 0.300 e. The summed E-state index contributed by atoms with van der Waals surface area (Å²) in [5.74, 6) is 0. The summed E-state index contributed by atoms with van der Waals surface area (Å²) in [5, 5.41) is 8.37. The molecule has 0 saturated heterocycles. The number of hydrogen-bond acceptors (Lipinski definition) is 2. The number of rotatable bonds is 6. The van der Waals surface area contributed by atoms with E-state index in [4.69, 9.17) is 5.26 Å². The van der Waals surface area contributed by atoms with E-state index in [1.54, 1.807) is 0 Å². The molecule has 0 spiro atoms. The molecule has 3 heteroatoms. The van der Waals surface area contributed by atoms with Gasteiger partial charge < -0.3 is 0 Å². The second kappa shape index (κ2) is 7.05. The van der Waals surface area contributed by atoms with E-state index in [1.807, 2.05) is 0 Å². The first-order valence-corrected chi connectivity index (χ1v) is 4.39. The normalized spacial score (nSPS) is 10.7. The van der Waals surface area contributed by atoms with Gasteiger partial charge >= 0.3 is 0 Å². The van der Waals surface area contributed by atoms with Gasteiger partial charge in [0.25, 0.3) is 0 Å². The van der Waals surface area contributed by atoms with E-state index in [2.05, 4.69) is 24.8 Å². The van der Waals surface area contributed by atoms with Crippen molar-refractivity contribution in [2.75, 3.05) is 19.8 Å². The first kappa shape index (κ1) is 11.4. The predicted molar refractivity (Wildman–Crippen MR) is 47.5 cm³/mol. The van der Waals surface area contributed by atoms with Gasteiger partial charge in [-0.3, -0.25) is 9.29 Å². The molecule has 0 fully saturated rings. The van der Waals surface area contributed by atoms with Crippen molar-refractivity contribution in [1.82, 2.24) is 4.90 Å². The average Bonchev–Trinajstić information content (AvgIpc) is 2.04. The number of nitrogens with zero attached hydrogens (tertiary/aromatic N) is 2. The van der Waals surface area contributed by atoms with Crippen LogP contribution in [0.5, 0.6) is 0 Å². The topological polar surface area (TPSA) is 27.0 Å². The molecule has 0 saturated carbocycles. The van der Waals surface area contributed by atoms with Crippen molar-refractivity contribution >= 4 is 0 Å². The lowest BCUT2D eigenvalue weighted by Crippen LogP contribution is -2.32. The molecule has 12 heavy (non-hydrogen) atoms. The van der Waals surface area contributed by atoms with Crippen LogP contribution < -0.4 is 0 Å². The number of alkyl halides is 1. The van der Waals surface area contributed by atoms with Crippen LogP contribution in [-0.4, -0.2) is 30.7 Å². The van der Waals surface area contributed by atoms with Crippen molar-refractivity contribution in [2.24, 2.45) is 0 Å². The van der Waals surface area contributed by atoms with E-state index in [0.29, 0.717) is 18.9 Å². The molecule has 0 atom stereocenters. The van der Waals surface area contributed by atoms with Gasteiger partial charge in [0.2, 0.25) is 0 Å². The molecule has 0 aromatic rings. The fraction of sp³-hybridized carbons (Fsp3) is 0.889. The summed E-state index contributed by atoms with van der Waals surface area (Å²) in [6.07, 6.45) is 1.11. The van der Waals surface area contributed by atoms with E-state index < -0.39 is 0 Å². The Balaban J connectivity index is 3.64. The van der Waals surface area contributed by atoms with Gasteiger partial charge in [0.15, 0.2) is 0 Å². The van der Waals surface area contributed by atoms with Crippen molar-refractivity contribution in [3.05, 3.63) is 0 Å². The van der Waals surface area contributed by atoms with Gasteiger partial charge in [0, 0.05) is 25.6 Å². The highest BCUT2D eigenvalue weighted by Gasteiger charge is 2.07. The minimum absolute atomic E-state index is 0.268. The Labute approximate surface area is 74.0 Å². The zero-order chi connectivity index (χ0) is 9.40. The molecular formula is C9H17FN2. The molecule has 0 aromatic carbocycles. The van der Waals surface area contributed by atoms with Crippen molar-refractivity contribution in [1.29, 1.82) is 5.26 Å². The van der Waals surface area contributed by atoms with Gasteiger partial charge in [-0.25, -0.2) is 0 Å². The fourth-order valence-electron chi connectivity index (χ4n) is 1.08. The third kappa shape index (κ3) is 5.09. The van der Waals surface area contributed by atoms with E-state index >= 15 is 0 Å². The molecule has 0 amide bonds. The molecule has 0 bridgehead atoms. The minimum atomic E-state index is -0.268. The van der Waals surface area contributed by atoms with Gasteiger partial charge in [-0.1, -0.05) is 0 Å². The van der Waals surface area contributed by atoms with Gasteiger partial charge in [0.1, 0.15) is 0 Å². The summed E-state index contributed by atoms with van der Waals surface area (Å²) in [7, 11) is 0. The Morgan fingerprint density at radius 3 is 2.50 bits per heavy atom. The summed E-state index contributed by atoms with van der Waals surface area (Å²) in [4.78, 5) is 2.13. The Morgan fingerprint density at radius 2 is 2.08 bits per heavy atom. The zero-order valence-corrected chi connectivity index (χ0v) is 7.89. The van der Waals surface area contributed by atoms with Crippen molar-refractivity contribution in [2.45, 2.75) is 32.7 Å². The Bertz CT molecular complexity index is 140. The molecule has 0 aliphatic carbocycles. The van der Waals surface area contributed by atoms with Crippen LogP contribution in [0.3, 0.4) is 0 Å². The van der Waals surface area contributed by atoms with E-state index in [-0.39, 0.29) is 6.67 Å². The molecule has 0 aromatic heterocycles. The highest BCUT2D eigenvalue weighted by atomic mass is 19.1. The van der Waals surface area contributed by atoms with Crippen LogP contribution in [0, 0.1) is 11.3 Å². The third-order valence-corrected chi connectivity index (χ3v) is 1.82. The first-order valence-electron chi connectivity index (χ1n) is 4.39. The molecule has 2 nitrogen and oxygen atoms in total. The molecule has 0 unspecified atom stereocenters. The van der Waals surface area contributed by atoms with Crippen LogP contribution in [0.15, 0.2) is 0 Å². The standard InChI is InChI=1S/C9H17FN2/c1-9(2)12(7-3-5-10)8-4-6-11/h9H,3-5,7-8H2,1-2H3. The smallest absolute Gasteiger partial charge is 0.0906 e. The second-order valence-electron chi connectivity index (χ2n) is 3.08. The van der Waals surface area contributed by atoms with Crippen LogP contribution in [0.1, 0.15) is 26.7 Å². The molecule has 0 heterocycles. The number of hydrogen-bond donors (Lipinski definition) is 0. The van der Waals surface area contributed by atoms with Gasteiger partial charge in [0.05, 0.1) is 12.7 Å². The van der Waals surface area contributed by atoms with Crippen molar-refractivity contribution in [3.8, 4) is 6.07 Å². The number of halogens is 1. The molecule has 0 rings (SSSR count). The Hall–Kier alpha value is -0.620. The van der Waals surface area contributed by atoms with Crippen molar-refractivity contribution in [3.63, 3.8) is 0 Å². The maximum absolute atomic E-state index is 11.8. The summed E-state index contributed by atoms with van der Waals surface area (Å²) < 4.78 is 11.8. The Kier molecular flexibility index (Phi) is 6.69. The lowest BCUT2D eigenvalue weighted by molar-refractivity contribution is 0.216. The van der Waals surface area contributed by atoms with Crippen LogP contribution in [-0.2, 0) is 0 Å². The summed E-state index contributed by atoms with van der Waals surface area (Å²) in [6, 6.07) is 2.50. The number of nitriles is 1. The van der Waals surface area contributed by atoms with Gasteiger partial charge in [-0.15, -0.1) is 0 Å². The van der Waals surface area contributed by atoms with Crippen molar-refractivity contribution < 1.29 is 4.39 Å². The highest BCUT2D eigenvalue weighted by molar-refractivity contribution is 4.73. The van der Waals surface area contributed by atoms with Crippen LogP contribution in [0.4, 0.5) is 4.39 Å². The lowest BCUT2D eigenvalue weighted by atomic mass is 10.2. The second-order valence-corrected chi connectivity index (χ2v) is 3.08. The minimum Gasteiger partial charge on any atom is -0.300 e. The first-order chi connectivity index (χ1) is 5.72. The van der Waals surface area contributed by atoms with Gasteiger partial charge in [-0.05, 0) is 20.3 Å². The molecule has 0 aliphatic rings.